The number of anilines is 2. The molecule has 12 nitrogen and oxygen atoms in total. The minimum absolute atomic E-state index is 0.00926. The first-order valence-corrected chi connectivity index (χ1v) is 18.1. The smallest absolute Gasteiger partial charge is 0.242 e. The number of hydrogen-bond acceptors (Lipinski definition) is 10. The van der Waals surface area contributed by atoms with Gasteiger partial charge in [-0.2, -0.15) is 5.26 Å². The molecular formula is C36H44BrN9O3. The van der Waals surface area contributed by atoms with E-state index in [-0.39, 0.29) is 30.2 Å². The fourth-order valence-electron chi connectivity index (χ4n) is 6.40. The van der Waals surface area contributed by atoms with Crippen molar-refractivity contribution in [3.63, 3.8) is 0 Å². The van der Waals surface area contributed by atoms with Crippen LogP contribution in [0.1, 0.15) is 87.3 Å². The Hall–Kier alpha value is -4.44. The van der Waals surface area contributed by atoms with Crippen LogP contribution < -0.4 is 15.1 Å². The molecule has 258 valence electrons. The van der Waals surface area contributed by atoms with Gasteiger partial charge >= 0.3 is 0 Å². The molecule has 13 heteroatoms. The minimum atomic E-state index is -0.852. The van der Waals surface area contributed by atoms with Gasteiger partial charge in [-0.15, -0.1) is 0 Å². The lowest BCUT2D eigenvalue weighted by atomic mass is 9.97. The van der Waals surface area contributed by atoms with Gasteiger partial charge in [0.1, 0.15) is 17.6 Å². The van der Waals surface area contributed by atoms with Crippen LogP contribution in [0.3, 0.4) is 0 Å². The minimum Gasteiger partial charge on any atom is -0.347 e. The molecule has 49 heavy (non-hydrogen) atoms. The molecule has 0 radical (unpaired) electrons. The summed E-state index contributed by atoms with van der Waals surface area (Å²) in [6.45, 7) is 7.67. The molecule has 5 heterocycles. The number of halogens is 1. The lowest BCUT2D eigenvalue weighted by Gasteiger charge is -2.39. The van der Waals surface area contributed by atoms with Crippen LogP contribution in [0, 0.1) is 11.3 Å². The number of amides is 2. The van der Waals surface area contributed by atoms with E-state index in [2.05, 4.69) is 47.2 Å². The fourth-order valence-corrected chi connectivity index (χ4v) is 6.79. The van der Waals surface area contributed by atoms with Crippen molar-refractivity contribution in [1.29, 1.82) is 5.26 Å². The SMILES string of the molecule is C[C@@H]1CN(c2ncc(-c3ccc4c(n3)N(Cc3cccnc3C#N)C(C)(C)C4=O)cn2)CCN1C(=O)CNC(=O)CCCCCCCCBr. The van der Waals surface area contributed by atoms with E-state index in [0.29, 0.717) is 66.9 Å². The molecule has 0 aliphatic carbocycles. The van der Waals surface area contributed by atoms with E-state index in [4.69, 9.17) is 4.98 Å². The number of unbranched alkanes of at least 4 members (excludes halogenated alkanes) is 5. The molecule has 2 aliphatic heterocycles. The third-order valence-electron chi connectivity index (χ3n) is 9.32. The highest BCUT2D eigenvalue weighted by molar-refractivity contribution is 9.09. The van der Waals surface area contributed by atoms with E-state index in [1.165, 1.54) is 19.3 Å². The molecule has 2 amide bonds. The number of alkyl halides is 1. The predicted octanol–water partition coefficient (Wildman–Crippen LogP) is 5.07. The zero-order valence-corrected chi connectivity index (χ0v) is 30.1. The van der Waals surface area contributed by atoms with E-state index >= 15 is 0 Å². The van der Waals surface area contributed by atoms with E-state index < -0.39 is 5.54 Å². The van der Waals surface area contributed by atoms with Crippen LogP contribution in [0.15, 0.2) is 42.9 Å². The molecule has 1 atom stereocenters. The van der Waals surface area contributed by atoms with Crippen molar-refractivity contribution in [3.05, 3.63) is 59.7 Å². The number of piperazine rings is 1. The van der Waals surface area contributed by atoms with Gasteiger partial charge in [-0.1, -0.05) is 47.7 Å². The van der Waals surface area contributed by atoms with Crippen LogP contribution in [0.2, 0.25) is 0 Å². The summed E-state index contributed by atoms with van der Waals surface area (Å²) in [4.78, 5) is 62.7. The summed E-state index contributed by atoms with van der Waals surface area (Å²) in [5.74, 6) is 0.912. The summed E-state index contributed by atoms with van der Waals surface area (Å²) in [5.41, 5.74) is 2.05. The van der Waals surface area contributed by atoms with Gasteiger partial charge in [0.25, 0.3) is 0 Å². The second-order valence-electron chi connectivity index (χ2n) is 13.2. The van der Waals surface area contributed by atoms with Gasteiger partial charge in [0.05, 0.1) is 23.3 Å². The Labute approximate surface area is 296 Å². The molecule has 2 aliphatic rings. The van der Waals surface area contributed by atoms with E-state index in [0.717, 1.165) is 30.2 Å². The molecule has 1 N–H and O–H groups in total. The predicted molar refractivity (Wildman–Crippen MR) is 191 cm³/mol. The van der Waals surface area contributed by atoms with Crippen molar-refractivity contribution in [2.24, 2.45) is 0 Å². The number of nitriles is 1. The van der Waals surface area contributed by atoms with Gasteiger partial charge in [0.15, 0.2) is 5.78 Å². The van der Waals surface area contributed by atoms with Crippen LogP contribution in [-0.2, 0) is 16.1 Å². The number of carbonyl (C=O) groups is 3. The summed E-state index contributed by atoms with van der Waals surface area (Å²) in [5, 5.41) is 13.4. The maximum absolute atomic E-state index is 13.3. The number of rotatable bonds is 14. The Morgan fingerprint density at radius 1 is 1.04 bits per heavy atom. The average Bonchev–Trinajstić information content (AvgIpc) is 3.30. The van der Waals surface area contributed by atoms with Crippen molar-refractivity contribution in [2.45, 2.75) is 83.8 Å². The Kier molecular flexibility index (Phi) is 11.9. The zero-order chi connectivity index (χ0) is 35.0. The highest BCUT2D eigenvalue weighted by Gasteiger charge is 2.45. The Balaban J connectivity index is 1.16. The highest BCUT2D eigenvalue weighted by Crippen LogP contribution is 2.39. The molecule has 1 fully saturated rings. The van der Waals surface area contributed by atoms with E-state index in [1.54, 1.807) is 36.8 Å². The Morgan fingerprint density at radius 3 is 2.49 bits per heavy atom. The maximum Gasteiger partial charge on any atom is 0.242 e. The molecule has 5 rings (SSSR count). The number of aromatic nitrogens is 4. The summed E-state index contributed by atoms with van der Waals surface area (Å²) in [6, 6.07) is 9.27. The summed E-state index contributed by atoms with van der Waals surface area (Å²) in [7, 11) is 0. The second-order valence-corrected chi connectivity index (χ2v) is 13.9. The van der Waals surface area contributed by atoms with Crippen molar-refractivity contribution in [1.82, 2.24) is 30.2 Å². The van der Waals surface area contributed by atoms with Crippen molar-refractivity contribution in [2.75, 3.05) is 41.3 Å². The quantitative estimate of drug-likeness (QED) is 0.176. The number of hydrogen-bond donors (Lipinski definition) is 1. The zero-order valence-electron chi connectivity index (χ0n) is 28.5. The largest absolute Gasteiger partial charge is 0.347 e. The van der Waals surface area contributed by atoms with Crippen LogP contribution in [0.4, 0.5) is 11.8 Å². The molecule has 3 aromatic heterocycles. The maximum atomic E-state index is 13.3. The fraction of sp³-hybridized carbons (Fsp3) is 0.500. The lowest BCUT2D eigenvalue weighted by Crippen LogP contribution is -2.56. The molecule has 1 saturated heterocycles. The number of nitrogens with zero attached hydrogens (tertiary/aromatic N) is 8. The molecular weight excluding hydrogens is 686 g/mol. The van der Waals surface area contributed by atoms with Gasteiger partial charge in [-0.05, 0) is 51.8 Å². The molecule has 3 aromatic rings. The Bertz CT molecular complexity index is 1690. The third-order valence-corrected chi connectivity index (χ3v) is 9.88. The monoisotopic (exact) mass is 729 g/mol. The third kappa shape index (κ3) is 8.41. The Morgan fingerprint density at radius 2 is 1.78 bits per heavy atom. The van der Waals surface area contributed by atoms with Crippen LogP contribution >= 0.6 is 15.9 Å². The number of ketones is 1. The summed E-state index contributed by atoms with van der Waals surface area (Å²) < 4.78 is 0. The first-order chi connectivity index (χ1) is 23.6. The number of fused-ring (bicyclic) bond motifs is 1. The van der Waals surface area contributed by atoms with Crippen molar-refractivity contribution in [3.8, 4) is 17.3 Å². The van der Waals surface area contributed by atoms with Crippen LogP contribution in [0.5, 0.6) is 0 Å². The lowest BCUT2D eigenvalue weighted by molar-refractivity contribution is -0.134. The van der Waals surface area contributed by atoms with Crippen molar-refractivity contribution >= 4 is 45.3 Å². The number of nitrogens with one attached hydrogen (secondary N) is 1. The van der Waals surface area contributed by atoms with Crippen LogP contribution in [-0.4, -0.2) is 85.5 Å². The molecule has 0 aromatic carbocycles. The molecule has 0 bridgehead atoms. The molecule has 0 saturated carbocycles. The highest BCUT2D eigenvalue weighted by atomic mass is 79.9. The first-order valence-electron chi connectivity index (χ1n) is 17.0. The van der Waals surface area contributed by atoms with Gasteiger partial charge in [-0.3, -0.25) is 14.4 Å². The number of carbonyl (C=O) groups excluding carboxylic acids is 3. The topological polar surface area (TPSA) is 148 Å². The second kappa shape index (κ2) is 16.3. The van der Waals surface area contributed by atoms with Crippen molar-refractivity contribution < 1.29 is 14.4 Å². The normalized spacial score (nSPS) is 16.8. The number of pyridine rings is 2. The number of Topliss-reactive ketones (excluding diaryl/α,β-unsaturated/α-hetero) is 1. The average molecular weight is 731 g/mol. The molecule has 0 spiro atoms. The summed E-state index contributed by atoms with van der Waals surface area (Å²) in [6.07, 6.45) is 12.1. The summed E-state index contributed by atoms with van der Waals surface area (Å²) >= 11 is 3.45. The first kappa shape index (κ1) is 35.9. The van der Waals surface area contributed by atoms with Gasteiger partial charge < -0.3 is 20.0 Å². The molecule has 0 unspecified atom stereocenters. The van der Waals surface area contributed by atoms with Crippen LogP contribution in [0.25, 0.3) is 11.3 Å². The van der Waals surface area contributed by atoms with Gasteiger partial charge in [0, 0.05) is 73.7 Å². The van der Waals surface area contributed by atoms with E-state index in [9.17, 15) is 19.6 Å². The van der Waals surface area contributed by atoms with Gasteiger partial charge in [-0.25, -0.2) is 19.9 Å². The van der Waals surface area contributed by atoms with Gasteiger partial charge in [0.2, 0.25) is 17.8 Å². The standard InChI is InChI=1S/C36H44BrN9O3/c1-25-23-44(17-18-45(25)32(48)22-40-31(47)12-8-6-4-5-7-9-15-37)35-41-20-27(21-42-35)29-14-13-28-33(49)36(2,3)46(34(28)43-29)24-26-11-10-16-39-30(26)19-38/h10-11,13-14,16,20-21,25H,4-9,12,15,17-18,22-24H2,1-3H3,(H,40,47)/t25-/m1/s1. The van der Waals surface area contributed by atoms with E-state index in [1.807, 2.05) is 36.6 Å².